The lowest BCUT2D eigenvalue weighted by Crippen LogP contribution is -2.52. The van der Waals surface area contributed by atoms with Crippen LogP contribution in [-0.2, 0) is 9.53 Å². The number of ether oxygens (including phenoxy) is 1. The van der Waals surface area contributed by atoms with Gasteiger partial charge < -0.3 is 25.2 Å². The fourth-order valence-corrected chi connectivity index (χ4v) is 5.38. The zero-order valence-corrected chi connectivity index (χ0v) is 19.5. The number of aryl methyl sites for hydroxylation is 1. The number of anilines is 1. The van der Waals surface area contributed by atoms with Crippen LogP contribution in [0.3, 0.4) is 0 Å². The number of nitrogens with zero attached hydrogens (tertiary/aromatic N) is 3. The third-order valence-electron chi connectivity index (χ3n) is 6.44. The minimum atomic E-state index is -0.168. The van der Waals surface area contributed by atoms with Gasteiger partial charge in [-0.3, -0.25) is 9.59 Å². The highest BCUT2D eigenvalue weighted by atomic mass is 32.1. The molecule has 0 radical (unpaired) electrons. The molecule has 1 saturated carbocycles. The van der Waals surface area contributed by atoms with Crippen LogP contribution in [0.4, 0.5) is 5.13 Å². The third kappa shape index (κ3) is 6.17. The van der Waals surface area contributed by atoms with Crippen molar-refractivity contribution < 1.29 is 14.3 Å². The number of piperidine rings is 1. The molecule has 8 nitrogen and oxygen atoms in total. The van der Waals surface area contributed by atoms with E-state index in [4.69, 9.17) is 4.74 Å². The van der Waals surface area contributed by atoms with Crippen LogP contribution in [0.5, 0.6) is 0 Å². The molecule has 4 rings (SSSR count). The maximum atomic E-state index is 12.6. The molecule has 1 aromatic rings. The highest BCUT2D eigenvalue weighted by molar-refractivity contribution is 7.17. The van der Waals surface area contributed by atoms with E-state index in [9.17, 15) is 9.59 Å². The molecule has 172 valence electrons. The van der Waals surface area contributed by atoms with E-state index in [1.807, 2.05) is 18.7 Å². The van der Waals surface area contributed by atoms with Gasteiger partial charge in [0, 0.05) is 32.7 Å². The van der Waals surface area contributed by atoms with Crippen molar-refractivity contribution in [1.82, 2.24) is 20.1 Å². The Labute approximate surface area is 188 Å². The van der Waals surface area contributed by atoms with Gasteiger partial charge in [-0.2, -0.15) is 0 Å². The second-order valence-electron chi connectivity index (χ2n) is 9.09. The topological polar surface area (TPSA) is 86.8 Å². The van der Waals surface area contributed by atoms with Gasteiger partial charge in [0.25, 0.3) is 5.91 Å². The van der Waals surface area contributed by atoms with Gasteiger partial charge in [0.05, 0.1) is 11.8 Å². The van der Waals surface area contributed by atoms with E-state index in [0.29, 0.717) is 23.9 Å². The standard InChI is InChI=1S/C22H35N5O3S/c1-3-23-22-25-15(2)20(31-22)21(29)24-10-18-13-27(19(28)14-30-18)12-17-6-8-26(9-7-17)11-16-4-5-16/h16-18H,3-14H2,1-2H3,(H,23,25)(H,24,29). The number of carbonyl (C=O) groups is 2. The lowest BCUT2D eigenvalue weighted by atomic mass is 9.95. The van der Waals surface area contributed by atoms with Crippen LogP contribution in [0, 0.1) is 18.8 Å². The van der Waals surface area contributed by atoms with Gasteiger partial charge in [-0.1, -0.05) is 11.3 Å². The minimum absolute atomic E-state index is 0.0663. The summed E-state index contributed by atoms with van der Waals surface area (Å²) in [5.74, 6) is 1.44. The van der Waals surface area contributed by atoms with Crippen molar-refractivity contribution in [2.24, 2.45) is 11.8 Å². The van der Waals surface area contributed by atoms with E-state index in [2.05, 4.69) is 20.5 Å². The molecular formula is C22H35N5O3S. The number of amides is 2. The van der Waals surface area contributed by atoms with Crippen LogP contribution in [-0.4, -0.2) is 85.1 Å². The number of carbonyl (C=O) groups excluding carboxylic acids is 2. The van der Waals surface area contributed by atoms with Gasteiger partial charge in [-0.15, -0.1) is 0 Å². The summed E-state index contributed by atoms with van der Waals surface area (Å²) in [5.41, 5.74) is 0.729. The highest BCUT2D eigenvalue weighted by Gasteiger charge is 2.31. The fraction of sp³-hybridized carbons (Fsp3) is 0.773. The molecule has 0 aromatic carbocycles. The number of aromatic nitrogens is 1. The largest absolute Gasteiger partial charge is 0.365 e. The first-order valence-corrected chi connectivity index (χ1v) is 12.4. The van der Waals surface area contributed by atoms with Crippen LogP contribution >= 0.6 is 11.3 Å². The second kappa shape index (κ2) is 10.3. The van der Waals surface area contributed by atoms with Crippen molar-refractivity contribution in [2.45, 2.75) is 45.6 Å². The maximum Gasteiger partial charge on any atom is 0.263 e. The normalized spacial score (nSPS) is 23.2. The van der Waals surface area contributed by atoms with Crippen LogP contribution in [0.2, 0.25) is 0 Å². The number of hydrogen-bond donors (Lipinski definition) is 2. The number of nitrogens with one attached hydrogen (secondary N) is 2. The minimum Gasteiger partial charge on any atom is -0.365 e. The van der Waals surface area contributed by atoms with Crippen molar-refractivity contribution >= 4 is 28.3 Å². The van der Waals surface area contributed by atoms with Crippen LogP contribution in [0.1, 0.15) is 48.0 Å². The molecule has 31 heavy (non-hydrogen) atoms. The van der Waals surface area contributed by atoms with E-state index >= 15 is 0 Å². The molecule has 2 aliphatic heterocycles. The van der Waals surface area contributed by atoms with E-state index in [0.717, 1.165) is 55.8 Å². The lowest BCUT2D eigenvalue weighted by Gasteiger charge is -2.38. The molecule has 1 aliphatic carbocycles. The van der Waals surface area contributed by atoms with E-state index in [1.54, 1.807) is 0 Å². The monoisotopic (exact) mass is 449 g/mol. The molecule has 2 saturated heterocycles. The van der Waals surface area contributed by atoms with E-state index in [-0.39, 0.29) is 24.5 Å². The fourth-order valence-electron chi connectivity index (χ4n) is 4.43. The molecule has 1 unspecified atom stereocenters. The van der Waals surface area contributed by atoms with Crippen molar-refractivity contribution in [3.8, 4) is 0 Å². The molecule has 2 N–H and O–H groups in total. The summed E-state index contributed by atoms with van der Waals surface area (Å²) >= 11 is 1.37. The summed E-state index contributed by atoms with van der Waals surface area (Å²) < 4.78 is 5.70. The first-order chi connectivity index (χ1) is 15.0. The van der Waals surface area contributed by atoms with Gasteiger partial charge in [-0.25, -0.2) is 4.98 Å². The number of hydrogen-bond acceptors (Lipinski definition) is 7. The Hall–Kier alpha value is -1.71. The molecule has 3 heterocycles. The Kier molecular flexibility index (Phi) is 7.45. The average Bonchev–Trinajstić information content (AvgIpc) is 3.50. The molecule has 9 heteroatoms. The van der Waals surface area contributed by atoms with Crippen molar-refractivity contribution in [3.63, 3.8) is 0 Å². The summed E-state index contributed by atoms with van der Waals surface area (Å²) in [4.78, 5) is 34.5. The Balaban J connectivity index is 1.22. The summed E-state index contributed by atoms with van der Waals surface area (Å²) in [6.45, 7) is 10.1. The smallest absolute Gasteiger partial charge is 0.263 e. The Morgan fingerprint density at radius 2 is 1.94 bits per heavy atom. The zero-order valence-electron chi connectivity index (χ0n) is 18.7. The highest BCUT2D eigenvalue weighted by Crippen LogP contribution is 2.31. The summed E-state index contributed by atoms with van der Waals surface area (Å²) in [7, 11) is 0. The number of morpholine rings is 1. The average molecular weight is 450 g/mol. The third-order valence-corrected chi connectivity index (χ3v) is 7.55. The molecule has 1 aromatic heterocycles. The predicted octanol–water partition coefficient (Wildman–Crippen LogP) is 1.96. The van der Waals surface area contributed by atoms with Crippen LogP contribution in [0.15, 0.2) is 0 Å². The molecule has 2 amide bonds. The number of likely N-dealkylation sites (tertiary alicyclic amines) is 1. The molecule has 0 spiro atoms. The molecule has 3 aliphatic rings. The van der Waals surface area contributed by atoms with Crippen molar-refractivity contribution in [2.75, 3.05) is 57.7 Å². The van der Waals surface area contributed by atoms with Crippen molar-refractivity contribution in [1.29, 1.82) is 0 Å². The Bertz CT molecular complexity index is 773. The number of thiazole rings is 1. The molecule has 0 bridgehead atoms. The second-order valence-corrected chi connectivity index (χ2v) is 10.1. The van der Waals surface area contributed by atoms with E-state index < -0.39 is 0 Å². The zero-order chi connectivity index (χ0) is 21.8. The Morgan fingerprint density at radius 3 is 2.65 bits per heavy atom. The predicted molar refractivity (Wildman–Crippen MR) is 122 cm³/mol. The summed E-state index contributed by atoms with van der Waals surface area (Å²) in [6, 6.07) is 0. The quantitative estimate of drug-likeness (QED) is 0.599. The first kappa shape index (κ1) is 22.5. The molecule has 1 atom stereocenters. The molecular weight excluding hydrogens is 414 g/mol. The number of rotatable bonds is 9. The Morgan fingerprint density at radius 1 is 1.19 bits per heavy atom. The molecule has 3 fully saturated rings. The maximum absolute atomic E-state index is 12.6. The first-order valence-electron chi connectivity index (χ1n) is 11.6. The van der Waals surface area contributed by atoms with Crippen molar-refractivity contribution in [3.05, 3.63) is 10.6 Å². The lowest BCUT2D eigenvalue weighted by molar-refractivity contribution is -0.149. The SMILES string of the molecule is CCNc1nc(C)c(C(=O)NCC2CN(CC3CCN(CC4CC4)CC3)C(=O)CO2)s1. The van der Waals surface area contributed by atoms with Gasteiger partial charge in [-0.05, 0) is 64.5 Å². The van der Waals surface area contributed by atoms with Crippen LogP contribution in [0.25, 0.3) is 0 Å². The summed E-state index contributed by atoms with van der Waals surface area (Å²) in [5, 5.41) is 6.88. The van der Waals surface area contributed by atoms with Gasteiger partial charge in [0.15, 0.2) is 5.13 Å². The van der Waals surface area contributed by atoms with E-state index in [1.165, 1.54) is 30.7 Å². The summed E-state index contributed by atoms with van der Waals surface area (Å²) in [6.07, 6.45) is 4.96. The van der Waals surface area contributed by atoms with Gasteiger partial charge in [0.1, 0.15) is 11.5 Å². The van der Waals surface area contributed by atoms with Crippen LogP contribution < -0.4 is 10.6 Å². The van der Waals surface area contributed by atoms with Gasteiger partial charge in [0.2, 0.25) is 5.91 Å². The van der Waals surface area contributed by atoms with Gasteiger partial charge >= 0.3 is 0 Å².